The molecular weight excluding hydrogens is 267 g/mol. The summed E-state index contributed by atoms with van der Waals surface area (Å²) in [6, 6.07) is 7.17. The van der Waals surface area contributed by atoms with Crippen molar-refractivity contribution in [1.82, 2.24) is 9.97 Å². The molecule has 1 aromatic heterocycles. The van der Waals surface area contributed by atoms with E-state index in [0.717, 1.165) is 6.20 Å². The van der Waals surface area contributed by atoms with Gasteiger partial charge in [0.1, 0.15) is 0 Å². The van der Waals surface area contributed by atoms with Crippen molar-refractivity contribution in [2.75, 3.05) is 0 Å². The van der Waals surface area contributed by atoms with Gasteiger partial charge in [0, 0.05) is 11.0 Å². The van der Waals surface area contributed by atoms with Crippen LogP contribution in [0.4, 0.5) is 4.39 Å². The van der Waals surface area contributed by atoms with E-state index in [9.17, 15) is 4.39 Å². The zero-order valence-electron chi connectivity index (χ0n) is 10.6. The van der Waals surface area contributed by atoms with Gasteiger partial charge in [0.2, 0.25) is 5.95 Å². The van der Waals surface area contributed by atoms with Crippen molar-refractivity contribution in [3.05, 3.63) is 84.0 Å². The van der Waals surface area contributed by atoms with Crippen molar-refractivity contribution in [2.24, 2.45) is 0 Å². The van der Waals surface area contributed by atoms with Crippen LogP contribution >= 0.6 is 0 Å². The third-order valence-electron chi connectivity index (χ3n) is 2.86. The molecule has 0 spiro atoms. The maximum atomic E-state index is 12.5. The lowest BCUT2D eigenvalue weighted by molar-refractivity contribution is 0.583. The molecule has 2 aliphatic rings. The fraction of sp³-hybridized carbons (Fsp3) is 0. The molecule has 0 unspecified atom stereocenters. The van der Waals surface area contributed by atoms with Gasteiger partial charge in [-0.05, 0) is 23.3 Å². The van der Waals surface area contributed by atoms with E-state index in [2.05, 4.69) is 46.4 Å². The van der Waals surface area contributed by atoms with Crippen molar-refractivity contribution >= 4 is 22.0 Å². The Labute approximate surface area is 121 Å². The second-order valence-electron chi connectivity index (χ2n) is 4.14. The summed E-state index contributed by atoms with van der Waals surface area (Å²) in [6.45, 7) is 0. The summed E-state index contributed by atoms with van der Waals surface area (Å²) >= 11 is 0. The van der Waals surface area contributed by atoms with Gasteiger partial charge in [0.05, 0.1) is 17.2 Å². The van der Waals surface area contributed by atoms with E-state index in [1.165, 1.54) is 11.1 Å². The van der Waals surface area contributed by atoms with Crippen molar-refractivity contribution in [3.8, 4) is 0 Å². The molecule has 0 saturated carbocycles. The summed E-state index contributed by atoms with van der Waals surface area (Å²) in [5, 5.41) is 0. The van der Waals surface area contributed by atoms with Crippen molar-refractivity contribution in [2.45, 2.75) is 0 Å². The summed E-state index contributed by atoms with van der Waals surface area (Å²) in [4.78, 5) is 7.49. The average molecular weight is 278 g/mol. The lowest BCUT2D eigenvalue weighted by Gasteiger charge is -1.92. The number of halogens is 1. The number of hydrogen-bond donors (Lipinski definition) is 0. The predicted molar refractivity (Wildman–Crippen MR) is 79.7 cm³/mol. The first kappa shape index (κ1) is 14.1. The third kappa shape index (κ3) is 2.97. The summed E-state index contributed by atoms with van der Waals surface area (Å²) < 4.78 is 12.5. The first-order valence-electron chi connectivity index (χ1n) is 5.97. The number of allylic oxidation sites excluding steroid dienone is 8. The lowest BCUT2D eigenvalue weighted by Crippen LogP contribution is -1.86. The molecule has 0 amide bonds. The first-order chi connectivity index (χ1) is 9.33. The van der Waals surface area contributed by atoms with Crippen LogP contribution in [-0.2, 0) is 0 Å². The largest absolute Gasteiger partial charge is 0.250 e. The average Bonchev–Trinajstić information content (AvgIpc) is 3.02. The van der Waals surface area contributed by atoms with Crippen LogP contribution in [0, 0.1) is 5.95 Å². The molecule has 1 aromatic carbocycles. The molecular formula is C16H11FN2Si. The number of para-hydroxylation sites is 2. The van der Waals surface area contributed by atoms with Crippen LogP contribution < -0.4 is 0 Å². The molecule has 4 radical (unpaired) electrons. The molecule has 2 nitrogen and oxygen atoms in total. The Morgan fingerprint density at radius 2 is 1.45 bits per heavy atom. The van der Waals surface area contributed by atoms with Crippen LogP contribution in [-0.4, -0.2) is 20.9 Å². The van der Waals surface area contributed by atoms with E-state index in [4.69, 9.17) is 0 Å². The standard InChI is InChI=1S/C8H5FN2.C8H6.Si/c9-8-5-10-6-3-1-2-4-7(6)11-8;1-3-7-5-2-6-8(7)4-1;/h1-5H;1-6H;. The monoisotopic (exact) mass is 278 g/mol. The van der Waals surface area contributed by atoms with Gasteiger partial charge in [-0.25, -0.2) is 9.97 Å². The maximum Gasteiger partial charge on any atom is 0.231 e. The highest BCUT2D eigenvalue weighted by molar-refractivity contribution is 5.75. The smallest absolute Gasteiger partial charge is 0.231 e. The van der Waals surface area contributed by atoms with E-state index >= 15 is 0 Å². The SMILES string of the molecule is C1=CC2=CC=CC2=C1.Fc1cnc2ccccc2n1.[Si]. The summed E-state index contributed by atoms with van der Waals surface area (Å²) in [6.07, 6.45) is 13.7. The minimum absolute atomic E-state index is 0. The number of fused-ring (bicyclic) bond motifs is 2. The number of nitrogens with zero attached hydrogens (tertiary/aromatic N) is 2. The Hall–Kier alpha value is -2.33. The molecule has 4 rings (SSSR count). The van der Waals surface area contributed by atoms with Crippen molar-refractivity contribution in [3.63, 3.8) is 0 Å². The Morgan fingerprint density at radius 3 is 2.10 bits per heavy atom. The molecule has 96 valence electrons. The number of rotatable bonds is 0. The van der Waals surface area contributed by atoms with Gasteiger partial charge in [-0.15, -0.1) is 0 Å². The second kappa shape index (κ2) is 6.21. The van der Waals surface area contributed by atoms with Crippen LogP contribution in [0.2, 0.25) is 0 Å². The van der Waals surface area contributed by atoms with Gasteiger partial charge in [-0.3, -0.25) is 0 Å². The van der Waals surface area contributed by atoms with Crippen molar-refractivity contribution in [1.29, 1.82) is 0 Å². The molecule has 2 aliphatic carbocycles. The first-order valence-corrected chi connectivity index (χ1v) is 5.97. The Balaban J connectivity index is 0.000000146. The molecule has 1 heterocycles. The molecule has 0 atom stereocenters. The highest BCUT2D eigenvalue weighted by Crippen LogP contribution is 2.23. The highest BCUT2D eigenvalue weighted by atomic mass is 28.1. The third-order valence-corrected chi connectivity index (χ3v) is 2.86. The Kier molecular flexibility index (Phi) is 4.37. The van der Waals surface area contributed by atoms with E-state index in [1.54, 1.807) is 18.2 Å². The number of aromatic nitrogens is 2. The molecule has 0 fully saturated rings. The van der Waals surface area contributed by atoms with E-state index in [-0.39, 0.29) is 11.0 Å². The number of benzene rings is 1. The molecule has 0 saturated heterocycles. The summed E-state index contributed by atoms with van der Waals surface area (Å²) in [7, 11) is 0. The Morgan fingerprint density at radius 1 is 0.850 bits per heavy atom. The quantitative estimate of drug-likeness (QED) is 0.691. The van der Waals surface area contributed by atoms with Crippen LogP contribution in [0.25, 0.3) is 11.0 Å². The van der Waals surface area contributed by atoms with Gasteiger partial charge in [-0.2, -0.15) is 4.39 Å². The lowest BCUT2D eigenvalue weighted by atomic mass is 10.2. The highest BCUT2D eigenvalue weighted by Gasteiger charge is 2.04. The van der Waals surface area contributed by atoms with Crippen molar-refractivity contribution < 1.29 is 4.39 Å². The molecule has 2 aromatic rings. The molecule has 4 heteroatoms. The summed E-state index contributed by atoms with van der Waals surface area (Å²) in [5.74, 6) is -0.538. The molecule has 0 N–H and O–H groups in total. The fourth-order valence-corrected chi connectivity index (χ4v) is 1.94. The van der Waals surface area contributed by atoms with Gasteiger partial charge in [0.15, 0.2) is 0 Å². The van der Waals surface area contributed by atoms with Crippen LogP contribution in [0.1, 0.15) is 0 Å². The molecule has 0 aliphatic heterocycles. The number of hydrogen-bond acceptors (Lipinski definition) is 2. The molecule has 0 bridgehead atoms. The minimum atomic E-state index is -0.538. The predicted octanol–water partition coefficient (Wildman–Crippen LogP) is 3.37. The van der Waals surface area contributed by atoms with Gasteiger partial charge in [-0.1, -0.05) is 48.6 Å². The van der Waals surface area contributed by atoms with Gasteiger partial charge < -0.3 is 0 Å². The fourth-order valence-electron chi connectivity index (χ4n) is 1.94. The second-order valence-corrected chi connectivity index (χ2v) is 4.14. The minimum Gasteiger partial charge on any atom is -0.250 e. The normalized spacial score (nSPS) is 14.1. The van der Waals surface area contributed by atoms with E-state index in [0.29, 0.717) is 11.0 Å². The summed E-state index contributed by atoms with van der Waals surface area (Å²) in [5.41, 5.74) is 4.01. The Bertz CT molecular complexity index is 719. The maximum absolute atomic E-state index is 12.5. The van der Waals surface area contributed by atoms with E-state index < -0.39 is 5.95 Å². The van der Waals surface area contributed by atoms with E-state index in [1.807, 2.05) is 6.07 Å². The van der Waals surface area contributed by atoms with Crippen LogP contribution in [0.15, 0.2) is 78.1 Å². The van der Waals surface area contributed by atoms with Gasteiger partial charge >= 0.3 is 0 Å². The van der Waals surface area contributed by atoms with Crippen LogP contribution in [0.5, 0.6) is 0 Å². The zero-order valence-corrected chi connectivity index (χ0v) is 11.6. The van der Waals surface area contributed by atoms with Gasteiger partial charge in [0.25, 0.3) is 0 Å². The zero-order chi connectivity index (χ0) is 13.1. The topological polar surface area (TPSA) is 25.8 Å². The van der Waals surface area contributed by atoms with Crippen LogP contribution in [0.3, 0.4) is 0 Å². The molecule has 20 heavy (non-hydrogen) atoms.